The SMILES string of the molecule is CCOC(=O)c1sc(NC(=O)CSc2nnc(COc3ccc(Cl)c(C)c3)n2CC)c(C(=O)OCC)c1C. The van der Waals surface area contributed by atoms with Gasteiger partial charge in [-0.2, -0.15) is 0 Å². The van der Waals surface area contributed by atoms with E-state index in [0.717, 1.165) is 16.9 Å². The lowest BCUT2D eigenvalue weighted by molar-refractivity contribution is -0.113. The number of hydrogen-bond donors (Lipinski definition) is 1. The van der Waals surface area contributed by atoms with Gasteiger partial charge in [-0.25, -0.2) is 9.59 Å². The number of hydrogen-bond acceptors (Lipinski definition) is 10. The maximum atomic E-state index is 12.8. The van der Waals surface area contributed by atoms with E-state index in [1.54, 1.807) is 32.9 Å². The molecule has 0 aliphatic rings. The summed E-state index contributed by atoms with van der Waals surface area (Å²) in [6, 6.07) is 5.40. The van der Waals surface area contributed by atoms with Gasteiger partial charge in [0.2, 0.25) is 5.91 Å². The minimum atomic E-state index is -0.619. The molecule has 0 atom stereocenters. The van der Waals surface area contributed by atoms with Crippen LogP contribution >= 0.6 is 34.7 Å². The Morgan fingerprint density at radius 3 is 2.45 bits per heavy atom. The summed E-state index contributed by atoms with van der Waals surface area (Å²) < 4.78 is 17.9. The average molecular weight is 581 g/mol. The molecule has 1 aromatic carbocycles. The second-order valence-corrected chi connectivity index (χ2v) is 10.3. The third-order valence-electron chi connectivity index (χ3n) is 5.28. The Bertz CT molecular complexity index is 1320. The smallest absolute Gasteiger partial charge is 0.348 e. The van der Waals surface area contributed by atoms with E-state index < -0.39 is 11.9 Å². The Balaban J connectivity index is 1.69. The molecule has 2 heterocycles. The monoisotopic (exact) mass is 580 g/mol. The molecular formula is C25H29ClN4O6S2. The highest BCUT2D eigenvalue weighted by Gasteiger charge is 2.27. The van der Waals surface area contributed by atoms with E-state index in [9.17, 15) is 14.4 Å². The van der Waals surface area contributed by atoms with Crippen molar-refractivity contribution in [1.82, 2.24) is 14.8 Å². The molecule has 0 saturated carbocycles. The number of nitrogens with one attached hydrogen (secondary N) is 1. The van der Waals surface area contributed by atoms with Crippen molar-refractivity contribution in [3.8, 4) is 5.75 Å². The highest BCUT2D eigenvalue weighted by molar-refractivity contribution is 7.99. The van der Waals surface area contributed by atoms with E-state index in [1.807, 2.05) is 24.5 Å². The van der Waals surface area contributed by atoms with E-state index in [1.165, 1.54) is 11.8 Å². The minimum absolute atomic E-state index is 0.00330. The molecule has 0 spiro atoms. The van der Waals surface area contributed by atoms with Gasteiger partial charge in [-0.05, 0) is 63.9 Å². The molecule has 3 rings (SSSR count). The lowest BCUT2D eigenvalue weighted by atomic mass is 10.1. The van der Waals surface area contributed by atoms with Gasteiger partial charge in [0, 0.05) is 11.6 Å². The number of thiophene rings is 1. The fraction of sp³-hybridized carbons (Fsp3) is 0.400. The lowest BCUT2D eigenvalue weighted by Crippen LogP contribution is -2.17. The molecule has 3 aromatic rings. The number of nitrogens with zero attached hydrogens (tertiary/aromatic N) is 3. The van der Waals surface area contributed by atoms with Crippen LogP contribution in [0.4, 0.5) is 5.00 Å². The van der Waals surface area contributed by atoms with E-state index in [0.29, 0.717) is 33.9 Å². The van der Waals surface area contributed by atoms with Gasteiger partial charge in [0.1, 0.15) is 22.2 Å². The van der Waals surface area contributed by atoms with Gasteiger partial charge in [0.05, 0.1) is 24.5 Å². The summed E-state index contributed by atoms with van der Waals surface area (Å²) in [5.74, 6) is -0.278. The summed E-state index contributed by atoms with van der Waals surface area (Å²) in [5, 5.41) is 12.6. The van der Waals surface area contributed by atoms with Crippen LogP contribution < -0.4 is 10.1 Å². The van der Waals surface area contributed by atoms with Gasteiger partial charge in [0.25, 0.3) is 0 Å². The molecule has 1 amide bonds. The van der Waals surface area contributed by atoms with Crippen LogP contribution in [-0.2, 0) is 27.4 Å². The molecule has 0 fully saturated rings. The minimum Gasteiger partial charge on any atom is -0.486 e. The second kappa shape index (κ2) is 13.6. The van der Waals surface area contributed by atoms with Crippen molar-refractivity contribution in [2.24, 2.45) is 0 Å². The number of carbonyl (C=O) groups excluding carboxylic acids is 3. The number of halogens is 1. The first-order valence-electron chi connectivity index (χ1n) is 11.9. The van der Waals surface area contributed by atoms with Crippen molar-refractivity contribution < 1.29 is 28.6 Å². The number of rotatable bonds is 12. The van der Waals surface area contributed by atoms with E-state index in [-0.39, 0.29) is 46.9 Å². The number of amides is 1. The quantitative estimate of drug-likeness (QED) is 0.225. The summed E-state index contributed by atoms with van der Waals surface area (Å²) in [7, 11) is 0. The third-order valence-corrected chi connectivity index (χ3v) is 7.86. The number of carbonyl (C=O) groups is 3. The van der Waals surface area contributed by atoms with Crippen LogP contribution in [0.15, 0.2) is 23.4 Å². The first-order chi connectivity index (χ1) is 18.2. The van der Waals surface area contributed by atoms with Crippen molar-refractivity contribution >= 4 is 57.5 Å². The number of thioether (sulfide) groups is 1. The molecule has 0 radical (unpaired) electrons. The highest BCUT2D eigenvalue weighted by Crippen LogP contribution is 2.34. The maximum absolute atomic E-state index is 12.8. The summed E-state index contributed by atoms with van der Waals surface area (Å²) in [6.07, 6.45) is 0. The topological polar surface area (TPSA) is 122 Å². The molecule has 0 bridgehead atoms. The molecule has 0 unspecified atom stereocenters. The Labute approximate surface area is 234 Å². The number of esters is 2. The molecule has 0 aliphatic carbocycles. The van der Waals surface area contributed by atoms with Crippen LogP contribution in [0.1, 0.15) is 57.8 Å². The molecule has 13 heteroatoms. The van der Waals surface area contributed by atoms with Crippen LogP contribution in [0.5, 0.6) is 5.75 Å². The number of aromatic nitrogens is 3. The molecule has 2 aromatic heterocycles. The number of aryl methyl sites for hydroxylation is 1. The summed E-state index contributed by atoms with van der Waals surface area (Å²) in [6.45, 7) is 9.96. The first-order valence-corrected chi connectivity index (χ1v) is 14.1. The second-order valence-electron chi connectivity index (χ2n) is 7.88. The highest BCUT2D eigenvalue weighted by atomic mass is 35.5. The molecule has 0 aliphatic heterocycles. The Morgan fingerprint density at radius 1 is 1.08 bits per heavy atom. The molecule has 10 nitrogen and oxygen atoms in total. The van der Waals surface area contributed by atoms with Crippen molar-refractivity contribution in [3.05, 3.63) is 50.6 Å². The van der Waals surface area contributed by atoms with Gasteiger partial charge in [-0.15, -0.1) is 21.5 Å². The van der Waals surface area contributed by atoms with Crippen LogP contribution in [0.3, 0.4) is 0 Å². The van der Waals surface area contributed by atoms with Crippen LogP contribution in [-0.4, -0.2) is 51.6 Å². The van der Waals surface area contributed by atoms with Crippen molar-refractivity contribution in [3.63, 3.8) is 0 Å². The fourth-order valence-electron chi connectivity index (χ4n) is 3.44. The number of ether oxygens (including phenoxy) is 3. The van der Waals surface area contributed by atoms with Crippen molar-refractivity contribution in [2.45, 2.75) is 52.9 Å². The maximum Gasteiger partial charge on any atom is 0.348 e. The van der Waals surface area contributed by atoms with Gasteiger partial charge in [-0.3, -0.25) is 4.79 Å². The van der Waals surface area contributed by atoms with Gasteiger partial charge in [-0.1, -0.05) is 23.4 Å². The third kappa shape index (κ3) is 7.06. The normalized spacial score (nSPS) is 10.8. The lowest BCUT2D eigenvalue weighted by Gasteiger charge is -2.10. The average Bonchev–Trinajstić information content (AvgIpc) is 3.43. The van der Waals surface area contributed by atoms with E-state index in [4.69, 9.17) is 25.8 Å². The Kier molecular flexibility index (Phi) is 10.6. The zero-order valence-electron chi connectivity index (χ0n) is 21.8. The molecule has 38 heavy (non-hydrogen) atoms. The van der Waals surface area contributed by atoms with Crippen LogP contribution in [0, 0.1) is 13.8 Å². The predicted molar refractivity (Wildman–Crippen MR) is 147 cm³/mol. The zero-order chi connectivity index (χ0) is 27.8. The van der Waals surface area contributed by atoms with E-state index >= 15 is 0 Å². The molecular weight excluding hydrogens is 552 g/mol. The Hall–Kier alpha value is -3.09. The molecule has 204 valence electrons. The predicted octanol–water partition coefficient (Wildman–Crippen LogP) is 5.29. The summed E-state index contributed by atoms with van der Waals surface area (Å²) in [4.78, 5) is 38.0. The van der Waals surface area contributed by atoms with Crippen molar-refractivity contribution in [1.29, 1.82) is 0 Å². The zero-order valence-corrected chi connectivity index (χ0v) is 24.1. The molecule has 0 saturated heterocycles. The molecule has 1 N–H and O–H groups in total. The van der Waals surface area contributed by atoms with Crippen molar-refractivity contribution in [2.75, 3.05) is 24.3 Å². The van der Waals surface area contributed by atoms with Crippen LogP contribution in [0.2, 0.25) is 5.02 Å². The van der Waals surface area contributed by atoms with E-state index in [2.05, 4.69) is 15.5 Å². The van der Waals surface area contributed by atoms with Crippen LogP contribution in [0.25, 0.3) is 0 Å². The largest absolute Gasteiger partial charge is 0.486 e. The Morgan fingerprint density at radius 2 is 1.79 bits per heavy atom. The van der Waals surface area contributed by atoms with Gasteiger partial charge < -0.3 is 24.1 Å². The number of benzene rings is 1. The number of anilines is 1. The van der Waals surface area contributed by atoms with Gasteiger partial charge >= 0.3 is 11.9 Å². The van der Waals surface area contributed by atoms with Gasteiger partial charge in [0.15, 0.2) is 11.0 Å². The standard InChI is InChI=1S/C25H29ClN4O6S2/c1-6-30-18(12-36-16-9-10-17(26)14(4)11-16)28-29-25(30)37-13-19(31)27-22-20(23(32)34-7-2)15(5)21(38-22)24(33)35-8-3/h9-11H,6-8,12-13H2,1-5H3,(H,27,31). The first kappa shape index (κ1) is 29.5. The summed E-state index contributed by atoms with van der Waals surface area (Å²) in [5.41, 5.74) is 1.46. The fourth-order valence-corrected chi connectivity index (χ4v) is 5.48. The summed E-state index contributed by atoms with van der Waals surface area (Å²) >= 11 is 8.25.